The summed E-state index contributed by atoms with van der Waals surface area (Å²) in [5.74, 6) is 0.526. The highest BCUT2D eigenvalue weighted by Crippen LogP contribution is 2.28. The summed E-state index contributed by atoms with van der Waals surface area (Å²) in [6, 6.07) is 14.9. The predicted octanol–water partition coefficient (Wildman–Crippen LogP) is 3.45. The molecule has 5 N–H and O–H groups in total. The van der Waals surface area contributed by atoms with E-state index in [9.17, 15) is 4.79 Å². The minimum absolute atomic E-state index is 0.206. The molecule has 1 heterocycles. The number of nitrogen functional groups attached to an aromatic ring is 1. The normalized spacial score (nSPS) is 10.3. The summed E-state index contributed by atoms with van der Waals surface area (Å²) in [6.07, 6.45) is 1.60. The van der Waals surface area contributed by atoms with Crippen LogP contribution in [0.2, 0.25) is 5.02 Å². The fourth-order valence-corrected chi connectivity index (χ4v) is 2.67. The van der Waals surface area contributed by atoms with Crippen molar-refractivity contribution in [3.8, 4) is 0 Å². The van der Waals surface area contributed by atoms with Crippen molar-refractivity contribution in [2.24, 2.45) is 0 Å². The quantitative estimate of drug-likeness (QED) is 0.487. The summed E-state index contributed by atoms with van der Waals surface area (Å²) in [7, 11) is 0. The third kappa shape index (κ3) is 4.86. The van der Waals surface area contributed by atoms with E-state index >= 15 is 0 Å². The fraction of sp³-hybridized carbons (Fsp3) is 0.105. The number of nitrogens with one attached hydrogen (secondary N) is 3. The van der Waals surface area contributed by atoms with Gasteiger partial charge in [0, 0.05) is 10.7 Å². The van der Waals surface area contributed by atoms with Gasteiger partial charge in [0.2, 0.25) is 5.91 Å². The van der Waals surface area contributed by atoms with E-state index in [1.165, 1.54) is 6.33 Å². The highest BCUT2D eigenvalue weighted by atomic mass is 35.5. The van der Waals surface area contributed by atoms with E-state index in [4.69, 9.17) is 17.3 Å². The lowest BCUT2D eigenvalue weighted by Crippen LogP contribution is -2.31. The van der Waals surface area contributed by atoms with Crippen LogP contribution < -0.4 is 21.9 Å². The van der Waals surface area contributed by atoms with E-state index in [-0.39, 0.29) is 18.0 Å². The molecule has 0 spiro atoms. The number of halogens is 1. The van der Waals surface area contributed by atoms with Gasteiger partial charge in [0.25, 0.3) is 0 Å². The van der Waals surface area contributed by atoms with Gasteiger partial charge in [0.1, 0.15) is 12.0 Å². The van der Waals surface area contributed by atoms with Crippen LogP contribution in [0.1, 0.15) is 11.1 Å². The second-order valence-corrected chi connectivity index (χ2v) is 6.34. The highest BCUT2D eigenvalue weighted by Gasteiger charge is 2.11. The van der Waals surface area contributed by atoms with Gasteiger partial charge in [-0.15, -0.1) is 0 Å². The van der Waals surface area contributed by atoms with Crippen LogP contribution in [0, 0.1) is 6.92 Å². The standard InChI is InChI=1S/C19H19ClN6O/c1-12-9-14(20)7-8-15(12)24-18-17(21)19(23-11-22-18)26-25-16(27)10-13-5-3-2-4-6-13/h2-9,11H,10,21H2,1H3,(H,25,27)(H2,22,23,24,26). The number of anilines is 4. The molecular weight excluding hydrogens is 364 g/mol. The number of carbonyl (C=O) groups excluding carboxylic acids is 1. The Labute approximate surface area is 162 Å². The minimum Gasteiger partial charge on any atom is -0.393 e. The zero-order valence-corrected chi connectivity index (χ0v) is 15.4. The topological polar surface area (TPSA) is 105 Å². The van der Waals surface area contributed by atoms with Gasteiger partial charge in [-0.2, -0.15) is 0 Å². The van der Waals surface area contributed by atoms with E-state index in [1.807, 2.05) is 49.4 Å². The van der Waals surface area contributed by atoms with Crippen LogP contribution in [0.4, 0.5) is 23.0 Å². The average molecular weight is 383 g/mol. The van der Waals surface area contributed by atoms with E-state index in [0.29, 0.717) is 16.7 Å². The number of aryl methyl sites for hydroxylation is 1. The molecule has 8 heteroatoms. The molecule has 1 amide bonds. The van der Waals surface area contributed by atoms with Crippen molar-refractivity contribution in [2.45, 2.75) is 13.3 Å². The molecule has 3 aromatic rings. The number of hydrazine groups is 1. The Kier molecular flexibility index (Phi) is 5.73. The lowest BCUT2D eigenvalue weighted by atomic mass is 10.1. The molecule has 0 radical (unpaired) electrons. The molecule has 7 nitrogen and oxygen atoms in total. The molecule has 2 aromatic carbocycles. The lowest BCUT2D eigenvalue weighted by molar-refractivity contribution is -0.119. The number of hydrogen-bond donors (Lipinski definition) is 4. The maximum Gasteiger partial charge on any atom is 0.242 e. The third-order valence-corrected chi connectivity index (χ3v) is 4.09. The van der Waals surface area contributed by atoms with Crippen LogP contribution in [-0.4, -0.2) is 15.9 Å². The number of rotatable bonds is 6. The second-order valence-electron chi connectivity index (χ2n) is 5.90. The maximum atomic E-state index is 12.1. The lowest BCUT2D eigenvalue weighted by Gasteiger charge is -2.14. The fourth-order valence-electron chi connectivity index (χ4n) is 2.44. The highest BCUT2D eigenvalue weighted by molar-refractivity contribution is 6.30. The zero-order valence-electron chi connectivity index (χ0n) is 14.7. The van der Waals surface area contributed by atoms with Crippen molar-refractivity contribution in [1.82, 2.24) is 15.4 Å². The number of amides is 1. The molecule has 27 heavy (non-hydrogen) atoms. The first-order valence-corrected chi connectivity index (χ1v) is 8.63. The van der Waals surface area contributed by atoms with Gasteiger partial charge in [-0.25, -0.2) is 9.97 Å². The third-order valence-electron chi connectivity index (χ3n) is 3.85. The van der Waals surface area contributed by atoms with E-state index in [0.717, 1.165) is 16.8 Å². The summed E-state index contributed by atoms with van der Waals surface area (Å²) < 4.78 is 0. The van der Waals surface area contributed by atoms with Crippen LogP contribution in [-0.2, 0) is 11.2 Å². The molecule has 3 rings (SSSR count). The van der Waals surface area contributed by atoms with Crippen molar-refractivity contribution >= 4 is 40.5 Å². The second kappa shape index (κ2) is 8.37. The van der Waals surface area contributed by atoms with Crippen LogP contribution in [0.5, 0.6) is 0 Å². The van der Waals surface area contributed by atoms with Crippen molar-refractivity contribution in [2.75, 3.05) is 16.5 Å². The summed E-state index contributed by atoms with van der Waals surface area (Å²) in [6.45, 7) is 1.93. The Morgan fingerprint density at radius 1 is 1.11 bits per heavy atom. The summed E-state index contributed by atoms with van der Waals surface area (Å²) in [5.41, 5.74) is 14.4. The molecule has 0 aliphatic carbocycles. The molecule has 1 aromatic heterocycles. The van der Waals surface area contributed by atoms with Crippen molar-refractivity contribution in [3.63, 3.8) is 0 Å². The van der Waals surface area contributed by atoms with Gasteiger partial charge in [0.05, 0.1) is 6.42 Å². The molecule has 0 unspecified atom stereocenters. The molecule has 0 saturated carbocycles. The molecule has 0 aliphatic rings. The number of nitrogens with zero attached hydrogens (tertiary/aromatic N) is 2. The molecule has 138 valence electrons. The average Bonchev–Trinajstić information content (AvgIpc) is 2.65. The molecule has 0 saturated heterocycles. The summed E-state index contributed by atoms with van der Waals surface area (Å²) >= 11 is 5.98. The Morgan fingerprint density at radius 3 is 2.59 bits per heavy atom. The number of nitrogens with two attached hydrogens (primary N) is 1. The van der Waals surface area contributed by atoms with Gasteiger partial charge >= 0.3 is 0 Å². The van der Waals surface area contributed by atoms with Crippen molar-refractivity contribution < 1.29 is 4.79 Å². The molecular formula is C19H19ClN6O. The monoisotopic (exact) mass is 382 g/mol. The first-order chi connectivity index (χ1) is 13.0. The minimum atomic E-state index is -0.206. The first kappa shape index (κ1) is 18.5. The van der Waals surface area contributed by atoms with Gasteiger partial charge < -0.3 is 11.1 Å². The number of aromatic nitrogens is 2. The largest absolute Gasteiger partial charge is 0.393 e. The van der Waals surface area contributed by atoms with Gasteiger partial charge in [-0.3, -0.25) is 15.6 Å². The number of carbonyl (C=O) groups is 1. The SMILES string of the molecule is Cc1cc(Cl)ccc1Nc1ncnc(NNC(=O)Cc2ccccc2)c1N. The Balaban J connectivity index is 1.66. The molecule has 0 atom stereocenters. The van der Waals surface area contributed by atoms with Gasteiger partial charge in [-0.1, -0.05) is 41.9 Å². The maximum absolute atomic E-state index is 12.1. The van der Waals surface area contributed by atoms with Gasteiger partial charge in [0.15, 0.2) is 11.6 Å². The van der Waals surface area contributed by atoms with E-state index in [2.05, 4.69) is 26.1 Å². The Morgan fingerprint density at radius 2 is 1.85 bits per heavy atom. The smallest absolute Gasteiger partial charge is 0.242 e. The molecule has 0 bridgehead atoms. The first-order valence-electron chi connectivity index (χ1n) is 8.25. The summed E-state index contributed by atoms with van der Waals surface area (Å²) in [4.78, 5) is 20.3. The van der Waals surface area contributed by atoms with Crippen molar-refractivity contribution in [3.05, 3.63) is 71.0 Å². The zero-order chi connectivity index (χ0) is 19.2. The van der Waals surface area contributed by atoms with Crippen molar-refractivity contribution in [1.29, 1.82) is 0 Å². The van der Waals surface area contributed by atoms with Crippen LogP contribution >= 0.6 is 11.6 Å². The predicted molar refractivity (Wildman–Crippen MR) is 108 cm³/mol. The van der Waals surface area contributed by atoms with E-state index in [1.54, 1.807) is 6.07 Å². The van der Waals surface area contributed by atoms with E-state index < -0.39 is 0 Å². The number of hydrogen-bond acceptors (Lipinski definition) is 6. The Hall–Kier alpha value is -3.32. The van der Waals surface area contributed by atoms with Crippen LogP contribution in [0.3, 0.4) is 0 Å². The Bertz CT molecular complexity index is 948. The summed E-state index contributed by atoms with van der Waals surface area (Å²) in [5, 5.41) is 3.80. The molecule has 0 aliphatic heterocycles. The van der Waals surface area contributed by atoms with Crippen LogP contribution in [0.25, 0.3) is 0 Å². The molecule has 0 fully saturated rings. The van der Waals surface area contributed by atoms with Gasteiger partial charge in [-0.05, 0) is 36.2 Å². The number of benzene rings is 2. The van der Waals surface area contributed by atoms with Crippen LogP contribution in [0.15, 0.2) is 54.9 Å².